The Labute approximate surface area is 174 Å². The molecule has 28 heavy (non-hydrogen) atoms. The van der Waals surface area contributed by atoms with Gasteiger partial charge in [0.1, 0.15) is 17.3 Å². The number of alkyl halides is 1. The van der Waals surface area contributed by atoms with Gasteiger partial charge in [0.05, 0.1) is 17.7 Å². The third-order valence-electron chi connectivity index (χ3n) is 4.15. The van der Waals surface area contributed by atoms with Gasteiger partial charge in [0, 0.05) is 25.6 Å². The van der Waals surface area contributed by atoms with E-state index in [0.29, 0.717) is 12.1 Å². The van der Waals surface area contributed by atoms with Crippen molar-refractivity contribution in [2.75, 3.05) is 32.1 Å². The van der Waals surface area contributed by atoms with Crippen LogP contribution in [0.1, 0.15) is 32.4 Å². The van der Waals surface area contributed by atoms with Crippen LogP contribution in [0.5, 0.6) is 0 Å². The maximum absolute atomic E-state index is 14.0. The summed E-state index contributed by atoms with van der Waals surface area (Å²) in [4.78, 5) is 25.7. The van der Waals surface area contributed by atoms with Crippen molar-refractivity contribution in [3.8, 4) is 0 Å². The smallest absolute Gasteiger partial charge is 0.410 e. The molecule has 2 atom stereocenters. The second-order valence-electron chi connectivity index (χ2n) is 7.59. The molecule has 0 aliphatic carbocycles. The van der Waals surface area contributed by atoms with Crippen LogP contribution in [0.4, 0.5) is 9.18 Å². The molecule has 0 aromatic heterocycles. The highest BCUT2D eigenvalue weighted by Crippen LogP contribution is 2.31. The normalized spacial score (nSPS) is 20.4. The summed E-state index contributed by atoms with van der Waals surface area (Å²) in [5.41, 5.74) is -0.0521. The number of benzene rings is 1. The van der Waals surface area contributed by atoms with Gasteiger partial charge in [-0.05, 0) is 38.5 Å². The van der Waals surface area contributed by atoms with Crippen molar-refractivity contribution in [3.63, 3.8) is 0 Å². The van der Waals surface area contributed by atoms with E-state index in [2.05, 4.69) is 5.32 Å². The van der Waals surface area contributed by atoms with Gasteiger partial charge in [-0.2, -0.15) is 0 Å². The average Bonchev–Trinajstić information content (AvgIpc) is 2.83. The molecule has 0 spiro atoms. The Balaban J connectivity index is 2.24. The molecule has 2 rings (SSSR count). The fraction of sp³-hybridized carbons (Fsp3) is 0.579. The number of ether oxygens (including phenoxy) is 2. The number of hydrogen-bond acceptors (Lipinski definition) is 4. The van der Waals surface area contributed by atoms with Crippen molar-refractivity contribution in [3.05, 3.63) is 34.6 Å². The summed E-state index contributed by atoms with van der Waals surface area (Å²) in [6.07, 6.45) is -0.998. The van der Waals surface area contributed by atoms with Crippen LogP contribution in [0.15, 0.2) is 18.2 Å². The van der Waals surface area contributed by atoms with Crippen molar-refractivity contribution in [2.24, 2.45) is 5.92 Å². The largest absolute Gasteiger partial charge is 0.444 e. The Morgan fingerprint density at radius 3 is 2.71 bits per heavy atom. The summed E-state index contributed by atoms with van der Waals surface area (Å²) in [6, 6.07) is 4.45. The Morgan fingerprint density at radius 1 is 1.39 bits per heavy atom. The number of halogens is 3. The molecule has 1 fully saturated rings. The first-order chi connectivity index (χ1) is 13.1. The molecule has 1 aromatic carbocycles. The molecule has 0 saturated carbocycles. The zero-order chi connectivity index (χ0) is 20.9. The Hall–Kier alpha value is -1.57. The van der Waals surface area contributed by atoms with E-state index in [1.807, 2.05) is 0 Å². The third kappa shape index (κ3) is 6.50. The zero-order valence-electron chi connectivity index (χ0n) is 16.1. The quantitative estimate of drug-likeness (QED) is 0.732. The monoisotopic (exact) mass is 434 g/mol. The van der Waals surface area contributed by atoms with Gasteiger partial charge in [0.15, 0.2) is 0 Å². The molecule has 1 aromatic rings. The number of carbonyl (C=O) groups excluding carboxylic acids is 2. The molecule has 2 amide bonds. The minimum Gasteiger partial charge on any atom is -0.444 e. The number of nitrogens with zero attached hydrogens (tertiary/aromatic N) is 1. The van der Waals surface area contributed by atoms with Crippen molar-refractivity contribution < 1.29 is 23.5 Å². The number of amides is 2. The summed E-state index contributed by atoms with van der Waals surface area (Å²) >= 11 is 11.3. The molecule has 0 unspecified atom stereocenters. The summed E-state index contributed by atoms with van der Waals surface area (Å²) in [6.45, 7) is 6.41. The topological polar surface area (TPSA) is 67.9 Å². The molecular formula is C19H25Cl2FN2O4. The summed E-state index contributed by atoms with van der Waals surface area (Å²) in [7, 11) is 0. The lowest BCUT2D eigenvalue weighted by molar-refractivity contribution is -0.119. The summed E-state index contributed by atoms with van der Waals surface area (Å²) < 4.78 is 25.3. The van der Waals surface area contributed by atoms with E-state index < -0.39 is 23.6 Å². The van der Waals surface area contributed by atoms with Gasteiger partial charge in [-0.1, -0.05) is 17.7 Å². The maximum atomic E-state index is 14.0. The van der Waals surface area contributed by atoms with Crippen LogP contribution in [-0.4, -0.2) is 54.6 Å². The van der Waals surface area contributed by atoms with Crippen molar-refractivity contribution >= 4 is 35.2 Å². The van der Waals surface area contributed by atoms with E-state index in [1.54, 1.807) is 26.8 Å². The zero-order valence-corrected chi connectivity index (χ0v) is 17.6. The Kier molecular flexibility index (Phi) is 7.92. The molecule has 6 nitrogen and oxygen atoms in total. The molecule has 0 radical (unpaired) electrons. The Bertz CT molecular complexity index is 712. The highest BCUT2D eigenvalue weighted by Gasteiger charge is 2.33. The fourth-order valence-electron chi connectivity index (χ4n) is 2.91. The van der Waals surface area contributed by atoms with Gasteiger partial charge in [-0.3, -0.25) is 4.79 Å². The lowest BCUT2D eigenvalue weighted by Gasteiger charge is -2.30. The molecule has 1 N–H and O–H groups in total. The lowest BCUT2D eigenvalue weighted by Crippen LogP contribution is -2.43. The second kappa shape index (κ2) is 9.76. The van der Waals surface area contributed by atoms with Gasteiger partial charge in [0.25, 0.3) is 0 Å². The number of rotatable bonds is 4. The fourth-order valence-corrected chi connectivity index (χ4v) is 3.12. The molecule has 1 heterocycles. The van der Waals surface area contributed by atoms with E-state index in [-0.39, 0.29) is 42.4 Å². The van der Waals surface area contributed by atoms with E-state index in [4.69, 9.17) is 32.7 Å². The summed E-state index contributed by atoms with van der Waals surface area (Å²) in [5.74, 6) is -1.40. The highest BCUT2D eigenvalue weighted by atomic mass is 35.5. The van der Waals surface area contributed by atoms with Crippen molar-refractivity contribution in [1.29, 1.82) is 0 Å². The van der Waals surface area contributed by atoms with Gasteiger partial charge in [0.2, 0.25) is 5.91 Å². The minimum atomic E-state index is -0.634. The third-order valence-corrected chi connectivity index (χ3v) is 4.70. The van der Waals surface area contributed by atoms with Crippen molar-refractivity contribution in [2.45, 2.75) is 32.5 Å². The van der Waals surface area contributed by atoms with Gasteiger partial charge < -0.3 is 19.7 Å². The maximum Gasteiger partial charge on any atom is 0.410 e. The second-order valence-corrected chi connectivity index (χ2v) is 8.26. The van der Waals surface area contributed by atoms with E-state index >= 15 is 0 Å². The van der Waals surface area contributed by atoms with Gasteiger partial charge in [-0.15, -0.1) is 11.6 Å². The standard InChI is InChI=1S/C19H25Cl2FN2O4/c1-19(2,3)28-18(26)24-6-7-27-17(12-4-5-14(21)15(22)8-12)13(11-24)10-23-16(25)9-20/h4-5,8,13,17H,6-7,9-11H2,1-3H3,(H,23,25)/t13-,17+/m1/s1. The molecule has 1 saturated heterocycles. The van der Waals surface area contributed by atoms with Crippen LogP contribution in [0, 0.1) is 11.7 Å². The van der Waals surface area contributed by atoms with Crippen LogP contribution in [-0.2, 0) is 14.3 Å². The van der Waals surface area contributed by atoms with Crippen LogP contribution >= 0.6 is 23.2 Å². The molecule has 1 aliphatic heterocycles. The minimum absolute atomic E-state index is 0.0137. The lowest BCUT2D eigenvalue weighted by atomic mass is 9.95. The molecule has 9 heteroatoms. The van der Waals surface area contributed by atoms with Crippen LogP contribution in [0.2, 0.25) is 5.02 Å². The average molecular weight is 435 g/mol. The molecule has 0 bridgehead atoms. The molecule has 1 aliphatic rings. The number of hydrogen-bond donors (Lipinski definition) is 1. The summed E-state index contributed by atoms with van der Waals surface area (Å²) in [5, 5.41) is 2.73. The molecule has 156 valence electrons. The van der Waals surface area contributed by atoms with Gasteiger partial charge >= 0.3 is 6.09 Å². The van der Waals surface area contributed by atoms with Crippen LogP contribution in [0.3, 0.4) is 0 Å². The van der Waals surface area contributed by atoms with E-state index in [9.17, 15) is 14.0 Å². The first kappa shape index (κ1) is 22.7. The SMILES string of the molecule is CC(C)(C)OC(=O)N1CCO[C@@H](c2ccc(Cl)c(F)c2)[C@H](CNC(=O)CCl)C1. The van der Waals surface area contributed by atoms with Gasteiger partial charge in [-0.25, -0.2) is 9.18 Å². The van der Waals surface area contributed by atoms with E-state index in [0.717, 1.165) is 0 Å². The van der Waals surface area contributed by atoms with Crippen molar-refractivity contribution in [1.82, 2.24) is 10.2 Å². The predicted octanol–water partition coefficient (Wildman–Crippen LogP) is 3.76. The van der Waals surface area contributed by atoms with Crippen LogP contribution in [0.25, 0.3) is 0 Å². The first-order valence-corrected chi connectivity index (χ1v) is 9.89. The van der Waals surface area contributed by atoms with Crippen LogP contribution < -0.4 is 5.32 Å². The Morgan fingerprint density at radius 2 is 2.11 bits per heavy atom. The predicted molar refractivity (Wildman–Crippen MR) is 105 cm³/mol. The number of carbonyl (C=O) groups is 2. The molecular weight excluding hydrogens is 410 g/mol. The first-order valence-electron chi connectivity index (χ1n) is 8.98. The highest BCUT2D eigenvalue weighted by molar-refractivity contribution is 6.30. The number of nitrogens with one attached hydrogen (secondary N) is 1. The van der Waals surface area contributed by atoms with E-state index in [1.165, 1.54) is 17.0 Å².